The summed E-state index contributed by atoms with van der Waals surface area (Å²) in [6.45, 7) is 3.21. The van der Waals surface area contributed by atoms with Crippen molar-refractivity contribution in [1.29, 1.82) is 0 Å². The third kappa shape index (κ3) is 4.85. The molecule has 11 heteroatoms. The van der Waals surface area contributed by atoms with Crippen LogP contribution in [-0.2, 0) is 0 Å². The van der Waals surface area contributed by atoms with Crippen molar-refractivity contribution in [2.75, 3.05) is 59.9 Å². The number of likely N-dealkylation sites (N-methyl/N-ethyl adjacent to an activating group) is 1. The van der Waals surface area contributed by atoms with E-state index in [9.17, 15) is 4.79 Å². The van der Waals surface area contributed by atoms with Gasteiger partial charge in [-0.1, -0.05) is 12.1 Å². The molecule has 1 amide bonds. The first-order valence-electron chi connectivity index (χ1n) is 11.9. The lowest BCUT2D eigenvalue weighted by Crippen LogP contribution is -2.47. The largest absolute Gasteiger partial charge is 0.493 e. The van der Waals surface area contributed by atoms with Crippen molar-refractivity contribution in [2.45, 2.75) is 0 Å². The van der Waals surface area contributed by atoms with Gasteiger partial charge in [0, 0.05) is 55.1 Å². The Balaban J connectivity index is 1.45. The molecule has 4 aromatic rings. The molecule has 2 aromatic heterocycles. The molecule has 11 nitrogen and oxygen atoms in total. The van der Waals surface area contributed by atoms with E-state index in [0.29, 0.717) is 51.3 Å². The molecule has 2 N–H and O–H groups in total. The average Bonchev–Trinajstić information content (AvgIpc) is 3.42. The SMILES string of the molecule is COc1cc(Nc2nc(-c3ccc(C(=O)N4CCN(C)CC4)cc3)nc3nc[nH]c23)cc(OC)c1OC. The van der Waals surface area contributed by atoms with Crippen LogP contribution in [0.3, 0.4) is 0 Å². The molecule has 0 spiro atoms. The van der Waals surface area contributed by atoms with Crippen LogP contribution in [0, 0.1) is 0 Å². The normalized spacial score (nSPS) is 14.0. The second-order valence-corrected chi connectivity index (χ2v) is 8.71. The van der Waals surface area contributed by atoms with Crippen molar-refractivity contribution < 1.29 is 19.0 Å². The van der Waals surface area contributed by atoms with Gasteiger partial charge in [-0.05, 0) is 19.2 Å². The van der Waals surface area contributed by atoms with Crippen LogP contribution < -0.4 is 19.5 Å². The maximum atomic E-state index is 12.9. The Labute approximate surface area is 214 Å². The van der Waals surface area contributed by atoms with Gasteiger partial charge >= 0.3 is 0 Å². The number of piperazine rings is 1. The van der Waals surface area contributed by atoms with Crippen molar-refractivity contribution in [3.05, 3.63) is 48.3 Å². The second kappa shape index (κ2) is 10.3. The Morgan fingerprint density at radius 2 is 1.62 bits per heavy atom. The molecule has 1 aliphatic rings. The van der Waals surface area contributed by atoms with E-state index in [1.807, 2.05) is 29.2 Å². The molecule has 3 heterocycles. The summed E-state index contributed by atoms with van der Waals surface area (Å²) in [7, 11) is 6.75. The summed E-state index contributed by atoms with van der Waals surface area (Å²) in [4.78, 5) is 33.8. The number of H-pyrrole nitrogens is 1. The summed E-state index contributed by atoms with van der Waals surface area (Å²) in [6, 6.07) is 11.0. The summed E-state index contributed by atoms with van der Waals surface area (Å²) in [5, 5.41) is 3.32. The van der Waals surface area contributed by atoms with Crippen LogP contribution in [-0.4, -0.2) is 90.2 Å². The fourth-order valence-corrected chi connectivity index (χ4v) is 4.30. The number of carbonyl (C=O) groups excluding carboxylic acids is 1. The molecule has 2 aromatic carbocycles. The van der Waals surface area contributed by atoms with Crippen molar-refractivity contribution in [3.63, 3.8) is 0 Å². The van der Waals surface area contributed by atoms with Gasteiger partial charge < -0.3 is 34.3 Å². The number of amides is 1. The van der Waals surface area contributed by atoms with Crippen LogP contribution >= 0.6 is 0 Å². The minimum absolute atomic E-state index is 0.0353. The van der Waals surface area contributed by atoms with Crippen LogP contribution in [0.25, 0.3) is 22.6 Å². The molecule has 0 atom stereocenters. The molecule has 1 aliphatic heterocycles. The maximum Gasteiger partial charge on any atom is 0.253 e. The van der Waals surface area contributed by atoms with Crippen LogP contribution in [0.2, 0.25) is 0 Å². The average molecular weight is 504 g/mol. The van der Waals surface area contributed by atoms with Crippen LogP contribution in [0.1, 0.15) is 10.4 Å². The number of aromatic nitrogens is 4. The maximum absolute atomic E-state index is 12.9. The Hall–Kier alpha value is -4.38. The van der Waals surface area contributed by atoms with Crippen LogP contribution in [0.5, 0.6) is 17.2 Å². The van der Waals surface area contributed by atoms with E-state index in [-0.39, 0.29) is 5.91 Å². The smallest absolute Gasteiger partial charge is 0.253 e. The van der Waals surface area contributed by atoms with E-state index in [1.165, 1.54) is 0 Å². The number of hydrogen-bond donors (Lipinski definition) is 2. The van der Waals surface area contributed by atoms with E-state index in [0.717, 1.165) is 31.7 Å². The summed E-state index contributed by atoms with van der Waals surface area (Å²) in [6.07, 6.45) is 1.57. The zero-order valence-corrected chi connectivity index (χ0v) is 21.2. The predicted molar refractivity (Wildman–Crippen MR) is 140 cm³/mol. The molecular formula is C26H29N7O4. The first kappa shape index (κ1) is 24.3. The molecule has 1 saturated heterocycles. The highest BCUT2D eigenvalue weighted by Crippen LogP contribution is 2.41. The molecule has 37 heavy (non-hydrogen) atoms. The monoisotopic (exact) mass is 503 g/mol. The van der Waals surface area contributed by atoms with E-state index < -0.39 is 0 Å². The molecule has 0 aliphatic carbocycles. The zero-order chi connectivity index (χ0) is 25.9. The number of fused-ring (bicyclic) bond motifs is 1. The zero-order valence-electron chi connectivity index (χ0n) is 21.2. The minimum atomic E-state index is 0.0353. The molecule has 1 fully saturated rings. The quantitative estimate of drug-likeness (QED) is 0.392. The molecular weight excluding hydrogens is 474 g/mol. The first-order chi connectivity index (χ1) is 18.0. The molecule has 192 valence electrons. The predicted octanol–water partition coefficient (Wildman–Crippen LogP) is 3.18. The van der Waals surface area contributed by atoms with E-state index in [1.54, 1.807) is 39.8 Å². The van der Waals surface area contributed by atoms with Gasteiger partial charge in [-0.2, -0.15) is 0 Å². The van der Waals surface area contributed by atoms with Gasteiger partial charge in [-0.25, -0.2) is 15.0 Å². The van der Waals surface area contributed by atoms with Crippen molar-refractivity contribution in [3.8, 4) is 28.6 Å². The Kier molecular flexibility index (Phi) is 6.78. The number of imidazole rings is 1. The number of rotatable bonds is 7. The highest BCUT2D eigenvalue weighted by molar-refractivity contribution is 5.95. The van der Waals surface area contributed by atoms with Gasteiger partial charge in [0.15, 0.2) is 28.8 Å². The second-order valence-electron chi connectivity index (χ2n) is 8.71. The number of carbonyl (C=O) groups is 1. The van der Waals surface area contributed by atoms with Crippen molar-refractivity contribution >= 4 is 28.6 Å². The lowest BCUT2D eigenvalue weighted by atomic mass is 10.1. The number of methoxy groups -OCH3 is 3. The van der Waals surface area contributed by atoms with Gasteiger partial charge in [0.05, 0.1) is 27.7 Å². The number of anilines is 2. The lowest BCUT2D eigenvalue weighted by molar-refractivity contribution is 0.0664. The van der Waals surface area contributed by atoms with Crippen molar-refractivity contribution in [1.82, 2.24) is 29.7 Å². The Bertz CT molecular complexity index is 1390. The molecule has 0 unspecified atom stereocenters. The molecule has 0 radical (unpaired) electrons. The number of ether oxygens (including phenoxy) is 3. The van der Waals surface area contributed by atoms with Gasteiger partial charge in [0.1, 0.15) is 5.52 Å². The summed E-state index contributed by atoms with van der Waals surface area (Å²) >= 11 is 0. The van der Waals surface area contributed by atoms with Crippen molar-refractivity contribution in [2.24, 2.45) is 0 Å². The summed E-state index contributed by atoms with van der Waals surface area (Å²) in [5.74, 6) is 2.57. The van der Waals surface area contributed by atoms with Gasteiger partial charge in [0.2, 0.25) is 5.75 Å². The number of nitrogens with zero attached hydrogens (tertiary/aromatic N) is 5. The van der Waals surface area contributed by atoms with Gasteiger partial charge in [-0.15, -0.1) is 0 Å². The minimum Gasteiger partial charge on any atom is -0.493 e. The first-order valence-corrected chi connectivity index (χ1v) is 11.9. The fourth-order valence-electron chi connectivity index (χ4n) is 4.30. The number of benzene rings is 2. The van der Waals surface area contributed by atoms with E-state index in [4.69, 9.17) is 19.2 Å². The summed E-state index contributed by atoms with van der Waals surface area (Å²) < 4.78 is 16.4. The molecule has 0 bridgehead atoms. The highest BCUT2D eigenvalue weighted by atomic mass is 16.5. The van der Waals surface area contributed by atoms with Gasteiger partial charge in [0.25, 0.3) is 5.91 Å². The Morgan fingerprint density at radius 3 is 2.24 bits per heavy atom. The van der Waals surface area contributed by atoms with Crippen LogP contribution in [0.4, 0.5) is 11.5 Å². The topological polar surface area (TPSA) is 118 Å². The molecule has 0 saturated carbocycles. The fraction of sp³-hybridized carbons (Fsp3) is 0.308. The third-order valence-electron chi connectivity index (χ3n) is 6.39. The molecule has 5 rings (SSSR count). The van der Waals surface area contributed by atoms with Crippen LogP contribution in [0.15, 0.2) is 42.7 Å². The number of aromatic amines is 1. The van der Waals surface area contributed by atoms with E-state index in [2.05, 4.69) is 32.2 Å². The standard InChI is InChI=1S/C26H29N7O4/c1-32-9-11-33(12-10-32)26(34)17-7-5-16(6-8-17)23-30-24-21(27-15-28-24)25(31-23)29-18-13-19(35-2)22(37-4)20(14-18)36-3/h5-8,13-15H,9-12H2,1-4H3,(H2,27,28,29,30,31). The number of nitrogens with one attached hydrogen (secondary N) is 2. The van der Waals surface area contributed by atoms with E-state index >= 15 is 0 Å². The Morgan fingerprint density at radius 1 is 0.946 bits per heavy atom. The third-order valence-corrected chi connectivity index (χ3v) is 6.39. The highest BCUT2D eigenvalue weighted by Gasteiger charge is 2.21. The lowest BCUT2D eigenvalue weighted by Gasteiger charge is -2.32. The summed E-state index contributed by atoms with van der Waals surface area (Å²) in [5.41, 5.74) is 3.26. The van der Waals surface area contributed by atoms with Gasteiger partial charge in [-0.3, -0.25) is 4.79 Å². The number of hydrogen-bond acceptors (Lipinski definition) is 9.